The van der Waals surface area contributed by atoms with Crippen LogP contribution in [-0.4, -0.2) is 26.0 Å². The maximum Gasteiger partial charge on any atom is 0.271 e. The second-order valence-corrected chi connectivity index (χ2v) is 8.25. The van der Waals surface area contributed by atoms with Gasteiger partial charge < -0.3 is 5.32 Å². The molecular formula is C16H10ClFN2O4S. The van der Waals surface area contributed by atoms with Crippen molar-refractivity contribution in [3.63, 3.8) is 0 Å². The number of hydrogen-bond acceptors (Lipinski definition) is 4. The molecule has 2 heterocycles. The van der Waals surface area contributed by atoms with Gasteiger partial charge in [-0.25, -0.2) is 12.8 Å². The van der Waals surface area contributed by atoms with Crippen molar-refractivity contribution in [2.75, 3.05) is 16.0 Å². The van der Waals surface area contributed by atoms with E-state index in [2.05, 4.69) is 5.32 Å². The van der Waals surface area contributed by atoms with Crippen molar-refractivity contribution in [3.05, 3.63) is 58.9 Å². The summed E-state index contributed by atoms with van der Waals surface area (Å²) in [5, 5.41) is 2.23. The first-order chi connectivity index (χ1) is 11.8. The predicted octanol–water partition coefficient (Wildman–Crippen LogP) is 2.05. The van der Waals surface area contributed by atoms with Crippen LogP contribution in [0.3, 0.4) is 0 Å². The number of sulfone groups is 1. The molecule has 0 radical (unpaired) electrons. The van der Waals surface area contributed by atoms with Gasteiger partial charge in [-0.2, -0.15) is 0 Å². The van der Waals surface area contributed by atoms with E-state index in [9.17, 15) is 22.4 Å². The van der Waals surface area contributed by atoms with Gasteiger partial charge in [-0.3, -0.25) is 14.5 Å². The Morgan fingerprint density at radius 3 is 2.60 bits per heavy atom. The summed E-state index contributed by atoms with van der Waals surface area (Å²) in [6, 6.07) is 9.61. The molecular weight excluding hydrogens is 371 g/mol. The fourth-order valence-corrected chi connectivity index (χ4v) is 5.51. The first-order valence-corrected chi connectivity index (χ1v) is 9.23. The highest BCUT2D eigenvalue weighted by Gasteiger charge is 2.67. The molecule has 1 unspecified atom stereocenters. The number of anilines is 2. The van der Waals surface area contributed by atoms with E-state index in [0.717, 1.165) is 17.0 Å². The minimum Gasteiger partial charge on any atom is -0.322 e. The van der Waals surface area contributed by atoms with Gasteiger partial charge in [0.2, 0.25) is 5.91 Å². The monoisotopic (exact) mass is 380 g/mol. The van der Waals surface area contributed by atoms with Crippen LogP contribution in [0, 0.1) is 5.82 Å². The van der Waals surface area contributed by atoms with Gasteiger partial charge in [0.15, 0.2) is 9.84 Å². The number of nitrogens with zero attached hydrogens (tertiary/aromatic N) is 1. The Morgan fingerprint density at radius 1 is 1.16 bits per heavy atom. The van der Waals surface area contributed by atoms with E-state index in [1.165, 1.54) is 12.1 Å². The number of fused-ring (bicyclic) bond motifs is 2. The second-order valence-electron chi connectivity index (χ2n) is 5.73. The lowest BCUT2D eigenvalue weighted by atomic mass is 10.0. The maximum atomic E-state index is 13.5. The normalized spacial score (nSPS) is 23.8. The molecule has 6 nitrogen and oxygen atoms in total. The van der Waals surface area contributed by atoms with Gasteiger partial charge in [0, 0.05) is 16.9 Å². The Labute approximate surface area is 147 Å². The number of para-hydroxylation sites is 1. The van der Waals surface area contributed by atoms with Gasteiger partial charge >= 0.3 is 0 Å². The Hall–Kier alpha value is -2.45. The lowest BCUT2D eigenvalue weighted by Gasteiger charge is -2.31. The molecule has 2 aliphatic heterocycles. The standard InChI is InChI=1S/C16H10ClFN2O4S/c17-11-7-9(5-6-12(11)18)20-14(21)8-25(23,24)16(20)10-3-1-2-4-13(10)19-15(16)22/h1-7H,8H2,(H,19,22). The molecule has 1 N–H and O–H groups in total. The molecule has 1 fully saturated rings. The number of amides is 2. The molecule has 9 heteroatoms. The zero-order chi connectivity index (χ0) is 18.0. The van der Waals surface area contributed by atoms with E-state index in [4.69, 9.17) is 11.6 Å². The summed E-state index contributed by atoms with van der Waals surface area (Å²) in [4.78, 5) is 24.0. The molecule has 0 bridgehead atoms. The number of carbonyl (C=O) groups is 2. The zero-order valence-electron chi connectivity index (χ0n) is 12.5. The summed E-state index contributed by atoms with van der Waals surface area (Å²) in [5.74, 6) is -3.18. The van der Waals surface area contributed by atoms with Crippen molar-refractivity contribution in [2.24, 2.45) is 0 Å². The molecule has 2 aliphatic rings. The highest BCUT2D eigenvalue weighted by Crippen LogP contribution is 2.50. The van der Waals surface area contributed by atoms with E-state index in [-0.39, 0.29) is 16.3 Å². The molecule has 1 saturated heterocycles. The molecule has 0 saturated carbocycles. The third-order valence-corrected chi connectivity index (χ3v) is 6.74. The Morgan fingerprint density at radius 2 is 1.88 bits per heavy atom. The number of benzene rings is 2. The smallest absolute Gasteiger partial charge is 0.271 e. The lowest BCUT2D eigenvalue weighted by molar-refractivity contribution is -0.122. The van der Waals surface area contributed by atoms with Gasteiger partial charge in [-0.1, -0.05) is 29.8 Å². The number of carbonyl (C=O) groups excluding carboxylic acids is 2. The molecule has 1 atom stereocenters. The fraction of sp³-hybridized carbons (Fsp3) is 0.125. The van der Waals surface area contributed by atoms with Gasteiger partial charge in [0.1, 0.15) is 11.6 Å². The van der Waals surface area contributed by atoms with Gasteiger partial charge in [0.25, 0.3) is 10.8 Å². The van der Waals surface area contributed by atoms with Crippen LogP contribution in [0.4, 0.5) is 15.8 Å². The Bertz CT molecular complexity index is 1060. The number of halogens is 2. The summed E-state index contributed by atoms with van der Waals surface area (Å²) in [6.07, 6.45) is 0. The second kappa shape index (κ2) is 5.03. The average Bonchev–Trinajstić information content (AvgIpc) is 2.95. The van der Waals surface area contributed by atoms with Crippen molar-refractivity contribution in [3.8, 4) is 0 Å². The quantitative estimate of drug-likeness (QED) is 0.820. The number of rotatable bonds is 1. The van der Waals surface area contributed by atoms with Crippen molar-refractivity contribution >= 4 is 44.6 Å². The van der Waals surface area contributed by atoms with Crippen LogP contribution in [0.5, 0.6) is 0 Å². The number of hydrogen-bond donors (Lipinski definition) is 1. The third kappa shape index (κ3) is 1.92. The molecule has 0 aliphatic carbocycles. The maximum absolute atomic E-state index is 13.5. The first kappa shape index (κ1) is 16.0. The minimum atomic E-state index is -4.19. The molecule has 2 aromatic rings. The average molecular weight is 381 g/mol. The van der Waals surface area contributed by atoms with E-state index in [1.807, 2.05) is 0 Å². The first-order valence-electron chi connectivity index (χ1n) is 7.20. The van der Waals surface area contributed by atoms with Crippen molar-refractivity contribution in [2.45, 2.75) is 4.87 Å². The summed E-state index contributed by atoms with van der Waals surface area (Å²) in [5.41, 5.74) is 0.500. The summed E-state index contributed by atoms with van der Waals surface area (Å²) in [7, 11) is -4.19. The highest BCUT2D eigenvalue weighted by molar-refractivity contribution is 7.94. The SMILES string of the molecule is O=C1CS(=O)(=O)C2(C(=O)Nc3ccccc32)N1c1ccc(F)c(Cl)c1. The molecule has 2 amide bonds. The molecule has 2 aromatic carbocycles. The van der Waals surface area contributed by atoms with Crippen LogP contribution in [0.25, 0.3) is 0 Å². The van der Waals surface area contributed by atoms with E-state index >= 15 is 0 Å². The highest BCUT2D eigenvalue weighted by atomic mass is 35.5. The largest absolute Gasteiger partial charge is 0.322 e. The lowest BCUT2D eigenvalue weighted by Crippen LogP contribution is -2.52. The molecule has 1 spiro atoms. The van der Waals surface area contributed by atoms with Gasteiger partial charge in [0.05, 0.1) is 5.02 Å². The predicted molar refractivity (Wildman–Crippen MR) is 89.4 cm³/mol. The van der Waals surface area contributed by atoms with Crippen LogP contribution in [-0.2, 0) is 24.3 Å². The van der Waals surface area contributed by atoms with E-state index in [1.54, 1.807) is 18.2 Å². The van der Waals surface area contributed by atoms with Crippen molar-refractivity contribution in [1.82, 2.24) is 0 Å². The summed E-state index contributed by atoms with van der Waals surface area (Å²) < 4.78 is 39.2. The summed E-state index contributed by atoms with van der Waals surface area (Å²) >= 11 is 5.78. The van der Waals surface area contributed by atoms with E-state index < -0.39 is 38.1 Å². The Balaban J connectivity index is 2.05. The van der Waals surface area contributed by atoms with Crippen molar-refractivity contribution < 1.29 is 22.4 Å². The van der Waals surface area contributed by atoms with E-state index in [0.29, 0.717) is 5.69 Å². The summed E-state index contributed by atoms with van der Waals surface area (Å²) in [6.45, 7) is 0. The van der Waals surface area contributed by atoms with Gasteiger partial charge in [-0.15, -0.1) is 0 Å². The number of nitrogens with one attached hydrogen (secondary N) is 1. The molecule has 25 heavy (non-hydrogen) atoms. The van der Waals surface area contributed by atoms with Crippen LogP contribution < -0.4 is 10.2 Å². The third-order valence-electron chi connectivity index (χ3n) is 4.34. The molecule has 0 aromatic heterocycles. The fourth-order valence-electron chi connectivity index (χ4n) is 3.34. The van der Waals surface area contributed by atoms with Crippen LogP contribution >= 0.6 is 11.6 Å². The zero-order valence-corrected chi connectivity index (χ0v) is 14.1. The van der Waals surface area contributed by atoms with Crippen LogP contribution in [0.15, 0.2) is 42.5 Å². The van der Waals surface area contributed by atoms with Crippen molar-refractivity contribution in [1.29, 1.82) is 0 Å². The van der Waals surface area contributed by atoms with Crippen LogP contribution in [0.1, 0.15) is 5.56 Å². The topological polar surface area (TPSA) is 83.5 Å². The van der Waals surface area contributed by atoms with Gasteiger partial charge in [-0.05, 0) is 24.3 Å². The van der Waals surface area contributed by atoms with Crippen LogP contribution in [0.2, 0.25) is 5.02 Å². The molecule has 128 valence electrons. The minimum absolute atomic E-state index is 0.0318. The Kier molecular flexibility index (Phi) is 3.23. The molecule has 4 rings (SSSR count).